The average Bonchev–Trinajstić information content (AvgIpc) is 2.37. The van der Waals surface area contributed by atoms with E-state index in [9.17, 15) is 27.7 Å². The van der Waals surface area contributed by atoms with Gasteiger partial charge in [0.25, 0.3) is 5.69 Å². The predicted molar refractivity (Wildman–Crippen MR) is 56.9 cm³/mol. The Hall–Kier alpha value is -2.65. The molecule has 2 aromatic rings. The molecule has 20 heavy (non-hydrogen) atoms. The third kappa shape index (κ3) is 2.53. The maximum atomic E-state index is 13.4. The molecule has 6 nitrogen and oxygen atoms in total. The van der Waals surface area contributed by atoms with Gasteiger partial charge in [-0.3, -0.25) is 10.1 Å². The molecule has 0 saturated heterocycles. The quantitative estimate of drug-likeness (QED) is 0.482. The molecular weight excluding hydrogens is 284 g/mol. The van der Waals surface area contributed by atoms with Gasteiger partial charge in [0.05, 0.1) is 16.7 Å². The molecule has 0 unspecified atom stereocenters. The zero-order chi connectivity index (χ0) is 14.9. The molecule has 10 heteroatoms. The van der Waals surface area contributed by atoms with Crippen molar-refractivity contribution < 1.29 is 22.5 Å². The summed E-state index contributed by atoms with van der Waals surface area (Å²) in [7, 11) is 0. The Balaban J connectivity index is 2.71. The highest BCUT2D eigenvalue weighted by Gasteiger charge is 2.37. The van der Waals surface area contributed by atoms with Gasteiger partial charge in [0.15, 0.2) is 5.82 Å². The van der Waals surface area contributed by atoms with Crippen LogP contribution in [0.1, 0.15) is 5.56 Å². The molecule has 0 amide bonds. The molecule has 2 heterocycles. The number of hydrogen-bond donors (Lipinski definition) is 0. The molecule has 0 bridgehead atoms. The Bertz CT molecular complexity index is 675. The van der Waals surface area contributed by atoms with Crippen molar-refractivity contribution in [1.29, 1.82) is 0 Å². The van der Waals surface area contributed by atoms with Crippen LogP contribution in [0.15, 0.2) is 24.8 Å². The molecule has 2 aromatic heterocycles. The standard InChI is InChI=1S/C10H4F4N4O2/c11-7-3-15-4-17-9(7)8-6(10(12,13)14)1-5(2-16-8)18(19)20/h1-4H. The number of alkyl halides is 3. The fourth-order valence-corrected chi connectivity index (χ4v) is 1.45. The lowest BCUT2D eigenvalue weighted by Gasteiger charge is -2.11. The van der Waals surface area contributed by atoms with Gasteiger partial charge < -0.3 is 0 Å². The minimum Gasteiger partial charge on any atom is -0.258 e. The third-order valence-electron chi connectivity index (χ3n) is 2.28. The van der Waals surface area contributed by atoms with E-state index in [1.807, 2.05) is 0 Å². The second-order valence-corrected chi connectivity index (χ2v) is 3.56. The monoisotopic (exact) mass is 288 g/mol. The predicted octanol–water partition coefficient (Wildman–Crippen LogP) is 2.60. The van der Waals surface area contributed by atoms with Crippen molar-refractivity contribution in [3.05, 3.63) is 46.3 Å². The summed E-state index contributed by atoms with van der Waals surface area (Å²) in [5, 5.41) is 10.5. The zero-order valence-corrected chi connectivity index (χ0v) is 9.43. The number of nitro groups is 1. The van der Waals surface area contributed by atoms with Crippen LogP contribution >= 0.6 is 0 Å². The van der Waals surface area contributed by atoms with Crippen LogP contribution in [0.4, 0.5) is 23.2 Å². The van der Waals surface area contributed by atoms with Crippen LogP contribution in [-0.4, -0.2) is 19.9 Å². The van der Waals surface area contributed by atoms with E-state index in [0.29, 0.717) is 12.4 Å². The summed E-state index contributed by atoms with van der Waals surface area (Å²) in [5.41, 5.74) is -3.80. The van der Waals surface area contributed by atoms with E-state index < -0.39 is 39.6 Å². The van der Waals surface area contributed by atoms with Gasteiger partial charge in [-0.15, -0.1) is 0 Å². The Morgan fingerprint density at radius 1 is 1.15 bits per heavy atom. The minimum atomic E-state index is -4.94. The van der Waals surface area contributed by atoms with Crippen molar-refractivity contribution >= 4 is 5.69 Å². The Kier molecular flexibility index (Phi) is 3.30. The number of aromatic nitrogens is 3. The van der Waals surface area contributed by atoms with Crippen molar-refractivity contribution in [3.63, 3.8) is 0 Å². The second-order valence-electron chi connectivity index (χ2n) is 3.56. The van der Waals surface area contributed by atoms with Crippen LogP contribution in [0, 0.1) is 15.9 Å². The van der Waals surface area contributed by atoms with E-state index in [1.54, 1.807) is 0 Å². The molecule has 0 aliphatic rings. The van der Waals surface area contributed by atoms with Gasteiger partial charge in [-0.1, -0.05) is 0 Å². The van der Waals surface area contributed by atoms with E-state index in [0.717, 1.165) is 6.33 Å². The van der Waals surface area contributed by atoms with Crippen LogP contribution in [0.5, 0.6) is 0 Å². The average molecular weight is 288 g/mol. The molecule has 0 spiro atoms. The Labute approximate surface area is 108 Å². The third-order valence-corrected chi connectivity index (χ3v) is 2.28. The molecule has 0 radical (unpaired) electrons. The number of halogens is 4. The van der Waals surface area contributed by atoms with Crippen LogP contribution in [0.3, 0.4) is 0 Å². The molecule has 0 aromatic carbocycles. The Morgan fingerprint density at radius 3 is 2.40 bits per heavy atom. The van der Waals surface area contributed by atoms with Gasteiger partial charge in [0, 0.05) is 6.07 Å². The molecule has 2 rings (SSSR count). The van der Waals surface area contributed by atoms with Crippen LogP contribution in [0.25, 0.3) is 11.4 Å². The van der Waals surface area contributed by atoms with Crippen LogP contribution < -0.4 is 0 Å². The van der Waals surface area contributed by atoms with E-state index in [2.05, 4.69) is 15.0 Å². The maximum absolute atomic E-state index is 13.4. The zero-order valence-electron chi connectivity index (χ0n) is 9.43. The summed E-state index contributed by atoms with van der Waals surface area (Å²) in [6.45, 7) is 0. The number of nitrogens with zero attached hydrogens (tertiary/aromatic N) is 4. The smallest absolute Gasteiger partial charge is 0.258 e. The highest BCUT2D eigenvalue weighted by molar-refractivity contribution is 5.61. The topological polar surface area (TPSA) is 81.8 Å². The summed E-state index contributed by atoms with van der Waals surface area (Å²) in [5.74, 6) is -1.11. The summed E-state index contributed by atoms with van der Waals surface area (Å²) in [6, 6.07) is 0.282. The van der Waals surface area contributed by atoms with Gasteiger partial charge in [-0.25, -0.2) is 19.3 Å². The first-order valence-corrected chi connectivity index (χ1v) is 4.98. The molecule has 0 saturated carbocycles. The fourth-order valence-electron chi connectivity index (χ4n) is 1.45. The van der Waals surface area contributed by atoms with E-state index in [-0.39, 0.29) is 6.07 Å². The molecular formula is C10H4F4N4O2. The Morgan fingerprint density at radius 2 is 1.85 bits per heavy atom. The summed E-state index contributed by atoms with van der Waals surface area (Å²) < 4.78 is 52.1. The highest BCUT2D eigenvalue weighted by Crippen LogP contribution is 2.37. The van der Waals surface area contributed by atoms with E-state index in [4.69, 9.17) is 0 Å². The highest BCUT2D eigenvalue weighted by atomic mass is 19.4. The van der Waals surface area contributed by atoms with E-state index in [1.165, 1.54) is 0 Å². The number of rotatable bonds is 2. The second kappa shape index (κ2) is 4.79. The van der Waals surface area contributed by atoms with Gasteiger partial charge >= 0.3 is 6.18 Å². The summed E-state index contributed by atoms with van der Waals surface area (Å²) >= 11 is 0. The summed E-state index contributed by atoms with van der Waals surface area (Å²) in [4.78, 5) is 19.5. The molecule has 0 aliphatic heterocycles. The van der Waals surface area contributed by atoms with Crippen LogP contribution in [0.2, 0.25) is 0 Å². The maximum Gasteiger partial charge on any atom is 0.418 e. The van der Waals surface area contributed by atoms with E-state index >= 15 is 0 Å². The van der Waals surface area contributed by atoms with Crippen molar-refractivity contribution in [1.82, 2.24) is 15.0 Å². The molecule has 0 atom stereocenters. The molecule has 0 N–H and O–H groups in total. The first kappa shape index (κ1) is 13.8. The number of pyridine rings is 1. The SMILES string of the molecule is O=[N+]([O-])c1cnc(-c2ncncc2F)c(C(F)(F)F)c1. The van der Waals surface area contributed by atoms with Gasteiger partial charge in [0.2, 0.25) is 0 Å². The van der Waals surface area contributed by atoms with Crippen molar-refractivity contribution in [2.45, 2.75) is 6.18 Å². The van der Waals surface area contributed by atoms with Gasteiger partial charge in [-0.2, -0.15) is 13.2 Å². The van der Waals surface area contributed by atoms with Crippen molar-refractivity contribution in [2.24, 2.45) is 0 Å². The van der Waals surface area contributed by atoms with Gasteiger partial charge in [-0.05, 0) is 0 Å². The van der Waals surface area contributed by atoms with Crippen LogP contribution in [-0.2, 0) is 6.18 Å². The number of hydrogen-bond acceptors (Lipinski definition) is 5. The lowest BCUT2D eigenvalue weighted by molar-refractivity contribution is -0.385. The first-order valence-electron chi connectivity index (χ1n) is 4.98. The van der Waals surface area contributed by atoms with Crippen molar-refractivity contribution in [2.75, 3.05) is 0 Å². The molecule has 104 valence electrons. The minimum absolute atomic E-state index is 0.282. The summed E-state index contributed by atoms with van der Waals surface area (Å²) in [6.07, 6.45) is -2.81. The van der Waals surface area contributed by atoms with Gasteiger partial charge in [0.1, 0.15) is 23.9 Å². The lowest BCUT2D eigenvalue weighted by Crippen LogP contribution is -2.10. The molecule has 0 fully saturated rings. The first-order chi connectivity index (χ1) is 9.30. The molecule has 0 aliphatic carbocycles. The normalized spacial score (nSPS) is 11.4. The fraction of sp³-hybridized carbons (Fsp3) is 0.100. The largest absolute Gasteiger partial charge is 0.418 e. The lowest BCUT2D eigenvalue weighted by atomic mass is 10.1. The van der Waals surface area contributed by atoms with Crippen molar-refractivity contribution in [3.8, 4) is 11.4 Å².